The molecule has 0 aromatic carbocycles. The number of carboxylic acids is 1. The van der Waals surface area contributed by atoms with Crippen molar-refractivity contribution in [3.8, 4) is 0 Å². The van der Waals surface area contributed by atoms with Gasteiger partial charge in [-0.3, -0.25) is 9.59 Å². The summed E-state index contributed by atoms with van der Waals surface area (Å²) in [5, 5.41) is 8.48. The Morgan fingerprint density at radius 2 is 1.88 bits per heavy atom. The van der Waals surface area contributed by atoms with Gasteiger partial charge >= 0.3 is 11.9 Å². The molecule has 0 saturated heterocycles. The predicted octanol–water partition coefficient (Wildman–Crippen LogP) is 3.23. The van der Waals surface area contributed by atoms with Crippen molar-refractivity contribution in [1.29, 1.82) is 0 Å². The summed E-state index contributed by atoms with van der Waals surface area (Å²) in [7, 11) is 0. The molecule has 0 rings (SSSR count). The van der Waals surface area contributed by atoms with Gasteiger partial charge in [-0.05, 0) is 17.8 Å². The molecule has 4 nitrogen and oxygen atoms in total. The van der Waals surface area contributed by atoms with Crippen LogP contribution >= 0.6 is 0 Å². The summed E-state index contributed by atoms with van der Waals surface area (Å²) in [5.74, 6) is -0.737. The van der Waals surface area contributed by atoms with Crippen LogP contribution < -0.4 is 0 Å². The second-order valence-electron chi connectivity index (χ2n) is 5.24. The van der Waals surface area contributed by atoms with Crippen molar-refractivity contribution in [2.75, 3.05) is 0 Å². The number of ether oxygens (including phenoxy) is 1. The Morgan fingerprint density at radius 3 is 2.06 bits per heavy atom. The normalized spacial score (nSPS) is 11.8. The summed E-state index contributed by atoms with van der Waals surface area (Å²) in [6.45, 7) is 12.9. The molecule has 0 aliphatic carbocycles. The first-order valence-corrected chi connectivity index (χ1v) is 5.58. The van der Waals surface area contributed by atoms with Gasteiger partial charge in [0.05, 0.1) is 6.26 Å². The summed E-state index contributed by atoms with van der Waals surface area (Å²) in [4.78, 5) is 20.0. The van der Waals surface area contributed by atoms with Gasteiger partial charge in [-0.2, -0.15) is 0 Å². The van der Waals surface area contributed by atoms with E-state index in [1.165, 1.54) is 6.92 Å². The number of carboxylic acid groups (broad SMARTS) is 1. The van der Waals surface area contributed by atoms with Gasteiger partial charge in [-0.1, -0.05) is 34.3 Å². The highest BCUT2D eigenvalue weighted by molar-refractivity contribution is 5.67. The molecule has 0 fully saturated rings. The minimum Gasteiger partial charge on any atom is -0.481 e. The van der Waals surface area contributed by atoms with E-state index < -0.39 is 5.97 Å². The maximum absolute atomic E-state index is 10.3. The summed E-state index contributed by atoms with van der Waals surface area (Å²) in [6, 6.07) is 0. The van der Waals surface area contributed by atoms with E-state index in [1.54, 1.807) is 0 Å². The van der Waals surface area contributed by atoms with Gasteiger partial charge < -0.3 is 9.84 Å². The fourth-order valence-electron chi connectivity index (χ4n) is 1.53. The Bertz CT molecular complexity index is 251. The van der Waals surface area contributed by atoms with Crippen LogP contribution in [0.2, 0.25) is 0 Å². The van der Waals surface area contributed by atoms with Crippen molar-refractivity contribution in [2.24, 2.45) is 11.3 Å². The van der Waals surface area contributed by atoms with Crippen LogP contribution in [0.5, 0.6) is 0 Å². The van der Waals surface area contributed by atoms with Crippen LogP contribution in [0.3, 0.4) is 0 Å². The number of esters is 1. The van der Waals surface area contributed by atoms with E-state index in [4.69, 9.17) is 5.11 Å². The molecule has 0 aromatic rings. The zero-order valence-electron chi connectivity index (χ0n) is 11.4. The highest BCUT2D eigenvalue weighted by atomic mass is 16.5. The summed E-state index contributed by atoms with van der Waals surface area (Å²) in [5.41, 5.74) is 0.245. The van der Waals surface area contributed by atoms with Crippen LogP contribution in [0, 0.1) is 11.3 Å². The molecule has 1 N–H and O–H groups in total. The maximum Gasteiger partial charge on any atom is 0.307 e. The molecular formula is C13H24O4. The lowest BCUT2D eigenvalue weighted by molar-refractivity contribution is -0.138. The minimum atomic E-state index is -0.693. The lowest BCUT2D eigenvalue weighted by Gasteiger charge is -2.21. The van der Waals surface area contributed by atoms with E-state index >= 15 is 0 Å². The molecule has 0 aliphatic rings. The first kappa shape index (κ1) is 18.1. The quantitative estimate of drug-likeness (QED) is 0.609. The van der Waals surface area contributed by atoms with E-state index in [2.05, 4.69) is 32.1 Å². The molecule has 4 heteroatoms. The molecule has 0 aliphatic heterocycles. The second kappa shape index (κ2) is 8.79. The molecule has 1 atom stereocenters. The molecule has 0 spiro atoms. The first-order chi connectivity index (χ1) is 7.58. The molecule has 0 amide bonds. The third-order valence-corrected chi connectivity index (χ3v) is 1.73. The van der Waals surface area contributed by atoms with Gasteiger partial charge in [0.1, 0.15) is 0 Å². The average molecular weight is 244 g/mol. The Morgan fingerprint density at radius 1 is 1.41 bits per heavy atom. The van der Waals surface area contributed by atoms with Gasteiger partial charge in [0.2, 0.25) is 0 Å². The predicted molar refractivity (Wildman–Crippen MR) is 67.5 cm³/mol. The van der Waals surface area contributed by atoms with Crippen molar-refractivity contribution < 1.29 is 19.4 Å². The zero-order valence-corrected chi connectivity index (χ0v) is 11.4. The van der Waals surface area contributed by atoms with Gasteiger partial charge in [-0.25, -0.2) is 0 Å². The SMILES string of the molecule is C=COC(C)=O.CC(CC(=O)O)CC(C)(C)C. The Labute approximate surface area is 104 Å². The minimum absolute atomic E-state index is 0.245. The first-order valence-electron chi connectivity index (χ1n) is 5.58. The summed E-state index contributed by atoms with van der Waals surface area (Å²) >= 11 is 0. The van der Waals surface area contributed by atoms with Gasteiger partial charge in [0.25, 0.3) is 0 Å². The lowest BCUT2D eigenvalue weighted by Crippen LogP contribution is -2.13. The molecular weight excluding hydrogens is 220 g/mol. The van der Waals surface area contributed by atoms with Crippen LogP contribution in [0.15, 0.2) is 12.8 Å². The van der Waals surface area contributed by atoms with Crippen LogP contribution in [-0.4, -0.2) is 17.0 Å². The average Bonchev–Trinajstić information content (AvgIpc) is 1.97. The molecule has 0 heterocycles. The van der Waals surface area contributed by atoms with Crippen LogP contribution in [-0.2, 0) is 14.3 Å². The molecule has 0 saturated carbocycles. The smallest absolute Gasteiger partial charge is 0.307 e. The van der Waals surface area contributed by atoms with Crippen molar-refractivity contribution in [1.82, 2.24) is 0 Å². The lowest BCUT2D eigenvalue weighted by atomic mass is 9.84. The van der Waals surface area contributed by atoms with Crippen molar-refractivity contribution in [2.45, 2.75) is 47.5 Å². The fourth-order valence-corrected chi connectivity index (χ4v) is 1.53. The molecule has 1 unspecified atom stereocenters. The largest absolute Gasteiger partial charge is 0.481 e. The third-order valence-electron chi connectivity index (χ3n) is 1.73. The number of carbonyl (C=O) groups excluding carboxylic acids is 1. The fraction of sp³-hybridized carbons (Fsp3) is 0.692. The maximum atomic E-state index is 10.3. The third kappa shape index (κ3) is 20.7. The van der Waals surface area contributed by atoms with Gasteiger partial charge in [-0.15, -0.1) is 0 Å². The molecule has 17 heavy (non-hydrogen) atoms. The van der Waals surface area contributed by atoms with Crippen LogP contribution in [0.4, 0.5) is 0 Å². The monoisotopic (exact) mass is 244 g/mol. The highest BCUT2D eigenvalue weighted by Crippen LogP contribution is 2.25. The van der Waals surface area contributed by atoms with Crippen LogP contribution in [0.25, 0.3) is 0 Å². The standard InChI is InChI=1S/C9H18O2.C4H6O2/c1-7(5-8(10)11)6-9(2,3)4;1-3-6-4(2)5/h7H,5-6H2,1-4H3,(H,10,11);3H,1H2,2H3. The topological polar surface area (TPSA) is 63.6 Å². The van der Waals surface area contributed by atoms with E-state index in [0.717, 1.165) is 12.7 Å². The Kier molecular flexibility index (Phi) is 9.33. The Hall–Kier alpha value is -1.32. The number of aliphatic carboxylic acids is 1. The van der Waals surface area contributed by atoms with Crippen LogP contribution in [0.1, 0.15) is 47.5 Å². The molecule has 0 aromatic heterocycles. The van der Waals surface area contributed by atoms with E-state index in [0.29, 0.717) is 0 Å². The zero-order chi connectivity index (χ0) is 14.1. The molecule has 100 valence electrons. The number of hydrogen-bond acceptors (Lipinski definition) is 3. The number of hydrogen-bond donors (Lipinski definition) is 1. The van der Waals surface area contributed by atoms with E-state index in [-0.39, 0.29) is 23.7 Å². The Balaban J connectivity index is 0. The van der Waals surface area contributed by atoms with Gasteiger partial charge in [0.15, 0.2) is 0 Å². The molecule has 0 bridgehead atoms. The van der Waals surface area contributed by atoms with Crippen molar-refractivity contribution in [3.63, 3.8) is 0 Å². The number of rotatable bonds is 4. The second-order valence-corrected chi connectivity index (χ2v) is 5.24. The number of carbonyl (C=O) groups is 2. The van der Waals surface area contributed by atoms with E-state index in [1.807, 2.05) is 6.92 Å². The highest BCUT2D eigenvalue weighted by Gasteiger charge is 2.16. The summed E-state index contributed by atoms with van der Waals surface area (Å²) in [6.07, 6.45) is 2.36. The molecule has 0 radical (unpaired) electrons. The van der Waals surface area contributed by atoms with Crippen molar-refractivity contribution >= 4 is 11.9 Å². The van der Waals surface area contributed by atoms with Crippen molar-refractivity contribution in [3.05, 3.63) is 12.8 Å². The van der Waals surface area contributed by atoms with E-state index in [9.17, 15) is 9.59 Å². The summed E-state index contributed by atoms with van der Waals surface area (Å²) < 4.78 is 4.17. The van der Waals surface area contributed by atoms with Gasteiger partial charge in [0, 0.05) is 13.3 Å².